The van der Waals surface area contributed by atoms with E-state index in [1.54, 1.807) is 58.2 Å². The number of nitrogens with zero attached hydrogens (tertiary/aromatic N) is 2. The fourth-order valence-electron chi connectivity index (χ4n) is 1.15. The maximum Gasteiger partial charge on any atom is 0.239 e. The van der Waals surface area contributed by atoms with E-state index in [1.807, 2.05) is 20.3 Å². The van der Waals surface area contributed by atoms with E-state index in [2.05, 4.69) is 17.2 Å². The van der Waals surface area contributed by atoms with Crippen molar-refractivity contribution in [1.82, 2.24) is 20.4 Å². The molecule has 12 heteroatoms. The molecule has 0 spiro atoms. The third kappa shape index (κ3) is 37.1. The topological polar surface area (TPSA) is 98.8 Å². The number of hydrogen-bond acceptors (Lipinski definition) is 6. The number of amides is 2. The Balaban J connectivity index is -0.0000000506. The van der Waals surface area contributed by atoms with E-state index in [-0.39, 0.29) is 72.9 Å². The Labute approximate surface area is 229 Å². The predicted molar refractivity (Wildman–Crippen MR) is 147 cm³/mol. The molecule has 3 unspecified atom stereocenters. The van der Waals surface area contributed by atoms with Gasteiger partial charge in [0.2, 0.25) is 11.3 Å². The summed E-state index contributed by atoms with van der Waals surface area (Å²) in [6.07, 6.45) is 1.75. The van der Waals surface area contributed by atoms with Gasteiger partial charge in [0.1, 0.15) is 0 Å². The Morgan fingerprint density at radius 2 is 1.12 bits per heavy atom. The van der Waals surface area contributed by atoms with E-state index in [9.17, 15) is 19.2 Å². The maximum absolute atomic E-state index is 10.5. The summed E-state index contributed by atoms with van der Waals surface area (Å²) in [5.74, 6) is 0.0671. The van der Waals surface area contributed by atoms with Gasteiger partial charge in [0, 0.05) is 88.8 Å². The van der Waals surface area contributed by atoms with Crippen LogP contribution >= 0.6 is 27.1 Å². The molecular weight excluding hydrogens is 542 g/mol. The van der Waals surface area contributed by atoms with Gasteiger partial charge in [0.15, 0.2) is 11.6 Å². The Bertz CT molecular complexity index is 539. The van der Waals surface area contributed by atoms with Crippen molar-refractivity contribution in [3.63, 3.8) is 0 Å². The first-order valence-electron chi connectivity index (χ1n) is 8.77. The van der Waals surface area contributed by atoms with E-state index < -0.39 is 0 Å². The zero-order valence-corrected chi connectivity index (χ0v) is 28.3. The van der Waals surface area contributed by atoms with Crippen LogP contribution in [0.3, 0.4) is 0 Å². The van der Waals surface area contributed by atoms with Crippen molar-refractivity contribution in [1.29, 1.82) is 0 Å². The van der Waals surface area contributed by atoms with Crippen LogP contribution in [0.25, 0.3) is 0 Å². The quantitative estimate of drug-likeness (QED) is 0.280. The van der Waals surface area contributed by atoms with E-state index in [1.165, 1.54) is 13.8 Å². The number of carbonyl (C=O) groups excluding carboxylic acids is 4. The van der Waals surface area contributed by atoms with Gasteiger partial charge in [-0.15, -0.1) is 0 Å². The summed E-state index contributed by atoms with van der Waals surface area (Å²) >= 11 is 0. The van der Waals surface area contributed by atoms with E-state index in [4.69, 9.17) is 0 Å². The number of likely N-dealkylation sites (N-methyl/N-ethyl adjacent to an activating group) is 2. The molecule has 0 aromatic heterocycles. The molecule has 0 fully saturated rings. The monoisotopic (exact) mass is 588 g/mol. The molecule has 0 bridgehead atoms. The Morgan fingerprint density at radius 3 is 1.12 bits per heavy atom. The van der Waals surface area contributed by atoms with Crippen molar-refractivity contribution < 1.29 is 51.9 Å². The molecular formula is C20H46N4O4P3Y-. The van der Waals surface area contributed by atoms with Crippen molar-refractivity contribution in [2.24, 2.45) is 0 Å². The molecule has 2 N–H and O–H groups in total. The molecule has 189 valence electrons. The van der Waals surface area contributed by atoms with Crippen LogP contribution < -0.4 is 10.6 Å². The van der Waals surface area contributed by atoms with Crippen molar-refractivity contribution in [3.8, 4) is 0 Å². The maximum atomic E-state index is 10.5. The first kappa shape index (κ1) is 49.0. The third-order valence-corrected chi connectivity index (χ3v) is 4.65. The SMILES string of the molecule is C/C=C(\NC)C(C)=O.C=C(NC)C(C)=O.CPC(=O)N(C)C.CPC(=O)N(C)C.P.[CH3-].[Y]. The van der Waals surface area contributed by atoms with Crippen LogP contribution in [-0.4, -0.2) is 88.3 Å². The van der Waals surface area contributed by atoms with Crippen LogP contribution in [0.2, 0.25) is 0 Å². The first-order valence-corrected chi connectivity index (χ1v) is 11.8. The summed E-state index contributed by atoms with van der Waals surface area (Å²) in [6, 6.07) is 0. The zero-order chi connectivity index (χ0) is 24.2. The van der Waals surface area contributed by atoms with E-state index in [0.717, 1.165) is 0 Å². The predicted octanol–water partition coefficient (Wildman–Crippen LogP) is 3.47. The average Bonchev–Trinajstić information content (AvgIpc) is 2.67. The number of allylic oxidation sites excluding steroid dienone is 3. The summed E-state index contributed by atoms with van der Waals surface area (Å²) in [4.78, 5) is 44.8. The van der Waals surface area contributed by atoms with Crippen molar-refractivity contribution in [2.75, 3.05) is 55.6 Å². The number of rotatable bonds is 6. The van der Waals surface area contributed by atoms with Gasteiger partial charge in [-0.2, -0.15) is 9.90 Å². The molecule has 1 radical (unpaired) electrons. The Hall–Kier alpha value is -0.246. The Morgan fingerprint density at radius 1 is 0.812 bits per heavy atom. The average molecular weight is 588 g/mol. The van der Waals surface area contributed by atoms with Crippen molar-refractivity contribution in [2.45, 2.75) is 20.8 Å². The number of nitrogens with one attached hydrogen (secondary N) is 2. The smallest absolute Gasteiger partial charge is 0.239 e. The van der Waals surface area contributed by atoms with E-state index >= 15 is 0 Å². The number of hydrogen-bond donors (Lipinski definition) is 2. The second-order valence-corrected chi connectivity index (χ2v) is 7.55. The number of carbonyl (C=O) groups is 4. The van der Waals surface area contributed by atoms with Gasteiger partial charge in [-0.25, -0.2) is 0 Å². The minimum absolute atomic E-state index is 0. The third-order valence-electron chi connectivity index (χ3n) is 2.90. The molecule has 32 heavy (non-hydrogen) atoms. The van der Waals surface area contributed by atoms with Gasteiger partial charge in [0.05, 0.1) is 11.4 Å². The summed E-state index contributed by atoms with van der Waals surface area (Å²) in [7, 11) is 11.3. The summed E-state index contributed by atoms with van der Waals surface area (Å²) in [5, 5.41) is 5.38. The molecule has 0 aliphatic carbocycles. The number of ketones is 2. The van der Waals surface area contributed by atoms with Gasteiger partial charge in [-0.3, -0.25) is 19.2 Å². The molecule has 0 heterocycles. The van der Waals surface area contributed by atoms with Gasteiger partial charge in [-0.1, -0.05) is 12.7 Å². The van der Waals surface area contributed by atoms with Crippen LogP contribution in [0.15, 0.2) is 24.0 Å². The van der Waals surface area contributed by atoms with Crippen LogP contribution in [-0.2, 0) is 42.3 Å². The number of Topliss-reactive ketones (excluding diaryl/α,β-unsaturated/α-hetero) is 2. The largest absolute Gasteiger partial charge is 0.386 e. The fourth-order valence-corrected chi connectivity index (χ4v) is 2.04. The van der Waals surface area contributed by atoms with E-state index in [0.29, 0.717) is 28.6 Å². The molecule has 0 saturated heterocycles. The first-order chi connectivity index (χ1) is 13.3. The molecule has 0 aromatic rings. The molecule has 8 nitrogen and oxygen atoms in total. The fraction of sp³-hybridized carbons (Fsp3) is 0.550. The van der Waals surface area contributed by atoms with Crippen molar-refractivity contribution in [3.05, 3.63) is 31.5 Å². The van der Waals surface area contributed by atoms with Crippen LogP contribution in [0.5, 0.6) is 0 Å². The van der Waals surface area contributed by atoms with Gasteiger partial charge in [0.25, 0.3) is 0 Å². The molecule has 3 atom stereocenters. The molecule has 0 rings (SSSR count). The summed E-state index contributed by atoms with van der Waals surface area (Å²) in [5.41, 5.74) is 1.55. The van der Waals surface area contributed by atoms with Crippen molar-refractivity contribution >= 4 is 49.9 Å². The van der Waals surface area contributed by atoms with Crippen LogP contribution in [0, 0.1) is 7.43 Å². The zero-order valence-electron chi connectivity index (χ0n) is 22.1. The van der Waals surface area contributed by atoms with Gasteiger partial charge >= 0.3 is 0 Å². The van der Waals surface area contributed by atoms with Gasteiger partial charge in [-0.05, 0) is 37.4 Å². The molecule has 0 aliphatic heterocycles. The molecule has 2 amide bonds. The minimum atomic E-state index is -0.0116. The van der Waals surface area contributed by atoms with Crippen LogP contribution in [0.1, 0.15) is 20.8 Å². The summed E-state index contributed by atoms with van der Waals surface area (Å²) < 4.78 is 0. The molecule has 0 aliphatic rings. The Kier molecular flexibility index (Phi) is 50.4. The second-order valence-electron chi connectivity index (χ2n) is 5.69. The molecule has 0 saturated carbocycles. The second kappa shape index (κ2) is 32.9. The molecule has 0 aromatic carbocycles. The van der Waals surface area contributed by atoms with Gasteiger partial charge < -0.3 is 27.9 Å². The normalized spacial score (nSPS) is 8.91. The summed E-state index contributed by atoms with van der Waals surface area (Å²) in [6.45, 7) is 12.0. The van der Waals surface area contributed by atoms with Crippen LogP contribution in [0.4, 0.5) is 9.59 Å². The standard InChI is InChI=1S/C6H11NO.C5H9NO.2C4H10NOP.CH3.H3P.Y/c1-4-6(7-3)5(2)8;1-4(6-3)5(2)7;2*1-5(2)4(6)7-3;;;/h4,7H,1-3H3;6H,1H2,2-3H3;2*7H,1-3H3;2*1H3;/q;;;;-1;;/b6-4-;;;;;;. The minimum Gasteiger partial charge on any atom is -0.386 e.